The largest absolute Gasteiger partial charge is 0.454 e. The van der Waals surface area contributed by atoms with Gasteiger partial charge in [0.2, 0.25) is 0 Å². The van der Waals surface area contributed by atoms with Gasteiger partial charge in [0.05, 0.1) is 11.4 Å². The molecular weight excluding hydrogens is 1170 g/mol. The lowest BCUT2D eigenvalue weighted by molar-refractivity contribution is 0.669. The monoisotopic (exact) mass is 1230 g/mol. The van der Waals surface area contributed by atoms with Crippen molar-refractivity contribution < 1.29 is 8.83 Å². The Morgan fingerprint density at radius 2 is 0.448 bits per heavy atom. The molecule has 2 heterocycles. The van der Waals surface area contributed by atoms with E-state index in [1.165, 1.54) is 82.7 Å². The van der Waals surface area contributed by atoms with Gasteiger partial charge in [-0.2, -0.15) is 0 Å². The third kappa shape index (κ3) is 10.9. The van der Waals surface area contributed by atoms with E-state index in [1.807, 2.05) is 12.1 Å². The molecule has 0 amide bonds. The number of fused-ring (bicyclic) bond motifs is 10. The van der Waals surface area contributed by atoms with Crippen LogP contribution < -0.4 is 9.80 Å². The third-order valence-corrected chi connectivity index (χ3v) is 18.5. The van der Waals surface area contributed by atoms with E-state index >= 15 is 0 Å². The molecule has 4 heteroatoms. The summed E-state index contributed by atoms with van der Waals surface area (Å²) in [7, 11) is 0. The topological polar surface area (TPSA) is 32.8 Å². The molecule has 2 aromatic heterocycles. The Morgan fingerprint density at radius 1 is 0.177 bits per heavy atom. The van der Waals surface area contributed by atoms with E-state index in [-0.39, 0.29) is 0 Å². The number of nitrogens with zero attached hydrogens (tertiary/aromatic N) is 2. The maximum atomic E-state index is 6.74. The molecule has 18 aromatic rings. The Morgan fingerprint density at radius 3 is 0.833 bits per heavy atom. The first-order valence-electron chi connectivity index (χ1n) is 32.7. The van der Waals surface area contributed by atoms with Gasteiger partial charge in [-0.05, 0) is 173 Å². The summed E-state index contributed by atoms with van der Waals surface area (Å²) in [6, 6.07) is 134. The van der Waals surface area contributed by atoms with Gasteiger partial charge in [0.15, 0.2) is 11.2 Å². The highest BCUT2D eigenvalue weighted by atomic mass is 16.3. The van der Waals surface area contributed by atoms with Crippen LogP contribution in [0, 0.1) is 0 Å². The molecule has 0 saturated carbocycles. The second kappa shape index (κ2) is 25.0. The standard InChI is InChI=1S/2C46H31NO/c1-3-13-32(14-4-1)35-18-11-19-36(29-35)34-25-27-39(28-26-34)47(40-21-12-20-37(30-40)33-15-5-2-6-16-33)43-31-38-17-7-8-22-41(38)45-42-23-9-10-24-44(42)48-46(43)45;1-3-12-32(13-4-1)34-22-26-39(27-23-34)47(40-28-24-35(25-29-40)37-18-11-17-36(30-37)33-14-5-2-6-15-33)43-31-38-16-7-8-19-41(38)45-42-20-9-10-21-44(42)48-46(43)45/h2*1-31H. The van der Waals surface area contributed by atoms with Crippen LogP contribution in [0.2, 0.25) is 0 Å². The molecule has 0 radical (unpaired) electrons. The highest BCUT2D eigenvalue weighted by molar-refractivity contribution is 6.24. The predicted molar refractivity (Wildman–Crippen MR) is 404 cm³/mol. The van der Waals surface area contributed by atoms with E-state index in [9.17, 15) is 0 Å². The first kappa shape index (κ1) is 57.2. The molecule has 0 fully saturated rings. The number of para-hydroxylation sites is 2. The second-order valence-electron chi connectivity index (χ2n) is 24.3. The molecule has 0 bridgehead atoms. The Kier molecular flexibility index (Phi) is 14.9. The average molecular weight is 1230 g/mol. The zero-order valence-electron chi connectivity index (χ0n) is 52.5. The molecule has 0 aliphatic heterocycles. The van der Waals surface area contributed by atoms with Crippen molar-refractivity contribution in [2.75, 3.05) is 9.80 Å². The lowest BCUT2D eigenvalue weighted by Crippen LogP contribution is -2.10. The van der Waals surface area contributed by atoms with Gasteiger partial charge in [0.25, 0.3) is 0 Å². The number of hydrogen-bond donors (Lipinski definition) is 0. The van der Waals surface area contributed by atoms with Crippen LogP contribution in [0.1, 0.15) is 0 Å². The van der Waals surface area contributed by atoms with E-state index in [1.54, 1.807) is 0 Å². The average Bonchev–Trinajstić information content (AvgIpc) is 1.54. The first-order chi connectivity index (χ1) is 47.6. The van der Waals surface area contributed by atoms with Crippen LogP contribution in [0.4, 0.5) is 34.1 Å². The van der Waals surface area contributed by atoms with Crippen molar-refractivity contribution in [1.82, 2.24) is 0 Å². The van der Waals surface area contributed by atoms with Crippen molar-refractivity contribution in [1.29, 1.82) is 0 Å². The Balaban J connectivity index is 0.000000145. The molecule has 0 spiro atoms. The molecule has 96 heavy (non-hydrogen) atoms. The normalized spacial score (nSPS) is 11.3. The highest BCUT2D eigenvalue weighted by Crippen LogP contribution is 2.49. The van der Waals surface area contributed by atoms with Crippen molar-refractivity contribution in [2.24, 2.45) is 0 Å². The fraction of sp³-hybridized carbons (Fsp3) is 0. The molecule has 0 N–H and O–H groups in total. The van der Waals surface area contributed by atoms with Gasteiger partial charge in [-0.15, -0.1) is 0 Å². The SMILES string of the molecule is c1ccc(-c2ccc(N(c3ccc(-c4cccc(-c5ccccc5)c4)cc3)c3cc4ccccc4c4c3oc3ccccc34)cc2)cc1.c1ccc(-c2cccc(-c3ccc(N(c4cccc(-c5ccccc5)c4)c4cc5ccccc5c5c4oc4ccccc45)cc3)c2)cc1. The first-order valence-corrected chi connectivity index (χ1v) is 32.7. The Hall–Kier alpha value is -12.8. The van der Waals surface area contributed by atoms with Crippen molar-refractivity contribution >= 4 is 99.5 Å². The highest BCUT2D eigenvalue weighted by Gasteiger charge is 2.25. The molecule has 18 rings (SSSR count). The summed E-state index contributed by atoms with van der Waals surface area (Å²) >= 11 is 0. The summed E-state index contributed by atoms with van der Waals surface area (Å²) in [4.78, 5) is 4.67. The molecule has 452 valence electrons. The third-order valence-electron chi connectivity index (χ3n) is 18.5. The summed E-state index contributed by atoms with van der Waals surface area (Å²) in [6.45, 7) is 0. The lowest BCUT2D eigenvalue weighted by atomic mass is 9.98. The number of benzene rings is 16. The molecule has 4 nitrogen and oxygen atoms in total. The van der Waals surface area contributed by atoms with Gasteiger partial charge >= 0.3 is 0 Å². The lowest BCUT2D eigenvalue weighted by Gasteiger charge is -2.27. The van der Waals surface area contributed by atoms with Gasteiger partial charge in [0, 0.05) is 44.3 Å². The molecule has 16 aromatic carbocycles. The second-order valence-corrected chi connectivity index (χ2v) is 24.3. The zero-order chi connectivity index (χ0) is 63.7. The van der Waals surface area contributed by atoms with Crippen molar-refractivity contribution in [3.63, 3.8) is 0 Å². The molecule has 0 aliphatic rings. The van der Waals surface area contributed by atoms with E-state index in [4.69, 9.17) is 8.83 Å². The molecular formula is C92H62N2O2. The fourth-order valence-electron chi connectivity index (χ4n) is 13.8. The number of hydrogen-bond acceptors (Lipinski definition) is 4. The Bertz CT molecular complexity index is 5800. The molecule has 0 atom stereocenters. The van der Waals surface area contributed by atoms with E-state index < -0.39 is 0 Å². The number of furan rings is 2. The number of anilines is 6. The van der Waals surface area contributed by atoms with Gasteiger partial charge in [-0.3, -0.25) is 0 Å². The number of rotatable bonds is 12. The quantitative estimate of drug-likeness (QED) is 0.122. The van der Waals surface area contributed by atoms with Crippen molar-refractivity contribution in [2.45, 2.75) is 0 Å². The van der Waals surface area contributed by atoms with Crippen LogP contribution in [-0.2, 0) is 0 Å². The minimum absolute atomic E-state index is 0.875. The summed E-state index contributed by atoms with van der Waals surface area (Å²) in [6.07, 6.45) is 0. The van der Waals surface area contributed by atoms with Crippen LogP contribution in [0.15, 0.2) is 385 Å². The van der Waals surface area contributed by atoms with Crippen molar-refractivity contribution in [3.05, 3.63) is 376 Å². The van der Waals surface area contributed by atoms with Crippen molar-refractivity contribution in [3.8, 4) is 66.8 Å². The molecule has 0 saturated heterocycles. The van der Waals surface area contributed by atoms with Crippen LogP contribution in [0.25, 0.3) is 132 Å². The molecule has 0 unspecified atom stereocenters. The van der Waals surface area contributed by atoms with E-state index in [0.717, 1.165) is 83.6 Å². The minimum atomic E-state index is 0.875. The van der Waals surface area contributed by atoms with Gasteiger partial charge in [-0.1, -0.05) is 291 Å². The van der Waals surface area contributed by atoms with E-state index in [2.05, 4.69) is 374 Å². The predicted octanol–water partition coefficient (Wildman–Crippen LogP) is 26.4. The maximum absolute atomic E-state index is 6.74. The van der Waals surface area contributed by atoms with Crippen LogP contribution >= 0.6 is 0 Å². The minimum Gasteiger partial charge on any atom is -0.454 e. The summed E-state index contributed by atoms with van der Waals surface area (Å²) in [5.74, 6) is 0. The van der Waals surface area contributed by atoms with Crippen LogP contribution in [-0.4, -0.2) is 0 Å². The van der Waals surface area contributed by atoms with Gasteiger partial charge in [0.1, 0.15) is 11.2 Å². The smallest absolute Gasteiger partial charge is 0.160 e. The fourth-order valence-corrected chi connectivity index (χ4v) is 13.8. The van der Waals surface area contributed by atoms with Crippen LogP contribution in [0.5, 0.6) is 0 Å². The summed E-state index contributed by atoms with van der Waals surface area (Å²) in [5.41, 5.74) is 24.0. The van der Waals surface area contributed by atoms with Crippen LogP contribution in [0.3, 0.4) is 0 Å². The molecule has 0 aliphatic carbocycles. The Labute approximate surface area is 557 Å². The van der Waals surface area contributed by atoms with Gasteiger partial charge < -0.3 is 18.6 Å². The summed E-state index contributed by atoms with van der Waals surface area (Å²) in [5, 5.41) is 9.24. The van der Waals surface area contributed by atoms with Gasteiger partial charge in [-0.25, -0.2) is 0 Å². The van der Waals surface area contributed by atoms with E-state index in [0.29, 0.717) is 0 Å². The summed E-state index contributed by atoms with van der Waals surface area (Å²) < 4.78 is 13.5. The maximum Gasteiger partial charge on any atom is 0.160 e. The zero-order valence-corrected chi connectivity index (χ0v) is 52.5.